The Morgan fingerprint density at radius 1 is 0.931 bits per heavy atom. The van der Waals surface area contributed by atoms with Gasteiger partial charge in [-0.15, -0.1) is 0 Å². The van der Waals surface area contributed by atoms with E-state index in [4.69, 9.17) is 36.8 Å². The van der Waals surface area contributed by atoms with Crippen molar-refractivity contribution < 1.29 is 41.4 Å². The average Bonchev–Trinajstić information content (AvgIpc) is 3.36. The maximum atomic E-state index is 17.0. The van der Waals surface area contributed by atoms with Crippen LogP contribution in [0.2, 0.25) is 5.02 Å². The summed E-state index contributed by atoms with van der Waals surface area (Å²) in [7, 11) is -2.14. The van der Waals surface area contributed by atoms with Crippen molar-refractivity contribution in [2.45, 2.75) is 4.90 Å². The van der Waals surface area contributed by atoms with Gasteiger partial charge in [-0.2, -0.15) is 9.97 Å². The van der Waals surface area contributed by atoms with Crippen molar-refractivity contribution in [2.75, 3.05) is 93.2 Å². The number of hydrogen-bond donors (Lipinski definition) is 5. The number of ether oxygens (including phenoxy) is 2. The van der Waals surface area contributed by atoms with E-state index in [0.29, 0.717) is 70.4 Å². The largest absolute Gasteiger partial charge is 0.508 e. The Morgan fingerprint density at radius 2 is 1.67 bits per heavy atom. The topological polar surface area (TPSA) is 230 Å². The predicted octanol–water partition coefficient (Wildman–Crippen LogP) is 7.51. The second-order valence-electron chi connectivity index (χ2n) is 16.3. The number of fused-ring (bicyclic) bond motifs is 2. The lowest BCUT2D eigenvalue weighted by atomic mass is 9.96. The highest BCUT2D eigenvalue weighted by Gasteiger charge is 2.27. The van der Waals surface area contributed by atoms with Crippen LogP contribution in [0, 0.1) is 11.6 Å². The quantitative estimate of drug-likeness (QED) is 0.0367. The van der Waals surface area contributed by atoms with E-state index in [1.807, 2.05) is 29.2 Å². The summed E-state index contributed by atoms with van der Waals surface area (Å²) in [5, 5.41) is 18.4. The van der Waals surface area contributed by atoms with Crippen LogP contribution in [-0.4, -0.2) is 123 Å². The highest BCUT2D eigenvalue weighted by Crippen LogP contribution is 2.42. The molecule has 1 saturated heterocycles. The Kier molecular flexibility index (Phi) is 16.1. The van der Waals surface area contributed by atoms with Crippen LogP contribution in [-0.2, 0) is 24.3 Å². The first-order valence-corrected chi connectivity index (χ1v) is 25.0. The number of anilines is 6. The smallest absolute Gasteiger partial charge is 0.253 e. The molecule has 2 aromatic heterocycles. The molecule has 23 heteroatoms. The lowest BCUT2D eigenvalue weighted by Gasteiger charge is -2.35. The normalized spacial score (nSPS) is 12.8. The molecule has 0 radical (unpaired) electrons. The molecule has 18 nitrogen and oxygen atoms in total. The molecule has 0 unspecified atom stereocenters. The van der Waals surface area contributed by atoms with Gasteiger partial charge in [0.25, 0.3) is 5.91 Å². The molecule has 0 spiro atoms. The van der Waals surface area contributed by atoms with Crippen LogP contribution in [0.1, 0.15) is 10.4 Å². The molecule has 374 valence electrons. The minimum atomic E-state index is -3.90. The highest BCUT2D eigenvalue weighted by atomic mass is 79.9. The Balaban J connectivity index is 0.841. The molecular weight excluding hydrogens is 1040 g/mol. The second-order valence-corrected chi connectivity index (χ2v) is 19.3. The number of sulfonamides is 1. The molecule has 72 heavy (non-hydrogen) atoms. The lowest BCUT2D eigenvalue weighted by molar-refractivity contribution is -0.126. The van der Waals surface area contributed by atoms with E-state index in [0.717, 1.165) is 6.07 Å². The number of nitrogens with two attached hydrogens (primary N) is 1. The Hall–Kier alpha value is -7.08. The molecule has 3 heterocycles. The van der Waals surface area contributed by atoms with E-state index in [9.17, 15) is 27.5 Å². The van der Waals surface area contributed by atoms with Crippen LogP contribution >= 0.6 is 27.5 Å². The first-order valence-electron chi connectivity index (χ1n) is 22.3. The van der Waals surface area contributed by atoms with Gasteiger partial charge in [0.05, 0.1) is 52.1 Å². The number of carbonyl (C=O) groups is 2. The van der Waals surface area contributed by atoms with Gasteiger partial charge in [0.15, 0.2) is 5.82 Å². The van der Waals surface area contributed by atoms with E-state index < -0.39 is 27.6 Å². The average molecular weight is 1090 g/mol. The number of primary amides is 1. The van der Waals surface area contributed by atoms with E-state index in [1.54, 1.807) is 29.0 Å². The summed E-state index contributed by atoms with van der Waals surface area (Å²) in [5.74, 6) is -1.66. The van der Waals surface area contributed by atoms with Crippen molar-refractivity contribution >= 4 is 106 Å². The monoisotopic (exact) mass is 1090 g/mol. The number of nitrogens with one attached hydrogen (secondary N) is 3. The number of nitrogens with zero attached hydrogens (tertiary/aromatic N) is 7. The lowest BCUT2D eigenvalue weighted by Crippen LogP contribution is -2.48. The molecule has 1 fully saturated rings. The van der Waals surface area contributed by atoms with Gasteiger partial charge in [-0.1, -0.05) is 48.5 Å². The Morgan fingerprint density at radius 3 is 2.40 bits per heavy atom. The molecule has 5 aromatic carbocycles. The van der Waals surface area contributed by atoms with Gasteiger partial charge in [0.1, 0.15) is 28.7 Å². The van der Waals surface area contributed by atoms with Crippen molar-refractivity contribution in [3.05, 3.63) is 130 Å². The molecule has 0 atom stereocenters. The zero-order chi connectivity index (χ0) is 51.1. The number of halogens is 4. The number of aromatic hydroxyl groups is 1. The number of carbonyl (C=O) groups excluding carboxylic acids is 2. The summed E-state index contributed by atoms with van der Waals surface area (Å²) in [6.07, 6.45) is 2.71. The number of benzene rings is 5. The van der Waals surface area contributed by atoms with Crippen molar-refractivity contribution in [2.24, 2.45) is 5.73 Å². The van der Waals surface area contributed by atoms with Gasteiger partial charge in [-0.05, 0) is 92.9 Å². The van der Waals surface area contributed by atoms with E-state index in [-0.39, 0.29) is 94.6 Å². The van der Waals surface area contributed by atoms with Crippen molar-refractivity contribution in [3.63, 3.8) is 0 Å². The highest BCUT2D eigenvalue weighted by molar-refractivity contribution is 9.10. The van der Waals surface area contributed by atoms with Crippen molar-refractivity contribution in [1.29, 1.82) is 0 Å². The minimum absolute atomic E-state index is 0.00634. The molecule has 1 aliphatic heterocycles. The van der Waals surface area contributed by atoms with Crippen LogP contribution in [0.3, 0.4) is 0 Å². The Bertz CT molecular complexity index is 3300. The van der Waals surface area contributed by atoms with Crippen LogP contribution in [0.5, 0.6) is 5.75 Å². The maximum absolute atomic E-state index is 17.0. The predicted molar refractivity (Wildman–Crippen MR) is 276 cm³/mol. The molecule has 1 aliphatic rings. The van der Waals surface area contributed by atoms with E-state index in [2.05, 4.69) is 47.8 Å². The van der Waals surface area contributed by atoms with Gasteiger partial charge in [0.2, 0.25) is 27.8 Å². The first-order chi connectivity index (χ1) is 34.6. The number of rotatable bonds is 20. The fourth-order valence-corrected chi connectivity index (χ4v) is 9.52. The summed E-state index contributed by atoms with van der Waals surface area (Å²) >= 11 is 10.2. The van der Waals surface area contributed by atoms with Gasteiger partial charge >= 0.3 is 0 Å². The van der Waals surface area contributed by atoms with Crippen LogP contribution in [0.25, 0.3) is 32.8 Å². The van der Waals surface area contributed by atoms with Crippen LogP contribution in [0.15, 0.2) is 113 Å². The third-order valence-corrected chi connectivity index (χ3v) is 13.9. The molecule has 0 saturated carbocycles. The van der Waals surface area contributed by atoms with Gasteiger partial charge in [0, 0.05) is 69.2 Å². The third kappa shape index (κ3) is 11.6. The fourth-order valence-electron chi connectivity index (χ4n) is 7.92. The van der Waals surface area contributed by atoms with Gasteiger partial charge in [-0.3, -0.25) is 9.59 Å². The fraction of sp³-hybridized carbons (Fsp3) is 0.224. The molecule has 2 amide bonds. The van der Waals surface area contributed by atoms with Crippen LogP contribution < -0.4 is 30.9 Å². The van der Waals surface area contributed by atoms with Gasteiger partial charge < -0.3 is 45.6 Å². The molecule has 0 bridgehead atoms. The number of hydrogen-bond acceptors (Lipinski definition) is 15. The minimum Gasteiger partial charge on any atom is -0.508 e. The van der Waals surface area contributed by atoms with Gasteiger partial charge in [-0.25, -0.2) is 31.9 Å². The van der Waals surface area contributed by atoms with Crippen LogP contribution in [0.4, 0.5) is 43.7 Å². The number of phenolic OH excluding ortho intramolecular Hbond substituents is 1. The second kappa shape index (κ2) is 22.6. The number of amides is 2. The number of phenols is 1. The van der Waals surface area contributed by atoms with E-state index in [1.165, 1.54) is 54.7 Å². The van der Waals surface area contributed by atoms with Crippen molar-refractivity contribution in [1.82, 2.24) is 29.6 Å². The summed E-state index contributed by atoms with van der Waals surface area (Å²) in [5.41, 5.74) is 6.13. The third-order valence-electron chi connectivity index (χ3n) is 11.5. The zero-order valence-corrected chi connectivity index (χ0v) is 41.7. The summed E-state index contributed by atoms with van der Waals surface area (Å²) in [4.78, 5) is 47.8. The summed E-state index contributed by atoms with van der Waals surface area (Å²) in [6.45, 7) is 6.18. The molecule has 0 aliphatic carbocycles. The number of piperazine rings is 1. The summed E-state index contributed by atoms with van der Waals surface area (Å²) in [6, 6.07) is 21.9. The summed E-state index contributed by atoms with van der Waals surface area (Å²) < 4.78 is 71.8. The SMILES string of the molecule is C=CC(=O)N1CCN(c2nc(N(C)CCOCCOCCNS(=O)(=O)c3ccc(Nc4ncc(Br)c(Nc5cccc(F)c5C(N)=O)n4)cc3)nc3c(F)c(-c4cc(O)cc5ccccc45)c(Cl)cc23)CC1. The number of likely N-dealkylation sites (N-methyl/N-ethyl adjacent to an activating group) is 1. The number of aromatic nitrogens is 4. The van der Waals surface area contributed by atoms with Crippen molar-refractivity contribution in [3.8, 4) is 16.9 Å². The molecule has 7 aromatic rings. The maximum Gasteiger partial charge on any atom is 0.253 e. The van der Waals surface area contributed by atoms with E-state index >= 15 is 4.39 Å². The Labute approximate surface area is 426 Å². The first kappa shape index (κ1) is 51.3. The zero-order valence-electron chi connectivity index (χ0n) is 38.5. The standard InChI is InChI=1S/C49H47BrClF2N11O7S/c1-3-40(66)63-16-18-64(19-17-63)47-35-27-37(51)41(34-26-31(65)25-29-7-4-5-8-33(29)34)43(53)44(35)59-49(61-47)62(2)20-22-71-24-23-70-21-15-56-72(68,69)32-13-11-30(12-14-32)57-48-55-28-36(50)46(60-48)58-39-10-6-9-38(52)42(39)45(54)67/h3-14,25-28,56,65H,1,15-24H2,2H3,(H2,54,67)(H2,55,57,58,60). The molecule has 6 N–H and O–H groups in total. The molecular formula is C49H47BrClF2N11O7S. The molecule has 8 rings (SSSR count).